The Morgan fingerprint density at radius 3 is 2.38 bits per heavy atom. The molecule has 1 aliphatic rings. The Hall–Kier alpha value is 0.480. The largest absolute Gasteiger partial charge is 0.0922 e. The average Bonchev–Trinajstić information content (AvgIpc) is 1.83. The van der Waals surface area contributed by atoms with Crippen LogP contribution < -0.4 is 0 Å². The molecule has 0 nitrogen and oxygen atoms in total. The van der Waals surface area contributed by atoms with E-state index in [9.17, 15) is 0 Å². The minimum Gasteiger partial charge on any atom is -0.0922 e. The van der Waals surface area contributed by atoms with Gasteiger partial charge >= 0.3 is 0 Å². The van der Waals surface area contributed by atoms with Gasteiger partial charge in [0.1, 0.15) is 0 Å². The van der Waals surface area contributed by atoms with Crippen LogP contribution in [0.25, 0.3) is 0 Å². The highest BCUT2D eigenvalue weighted by molar-refractivity contribution is 9.09. The molecule has 0 N–H and O–H groups in total. The summed E-state index contributed by atoms with van der Waals surface area (Å²) in [6, 6.07) is 0. The first-order chi connectivity index (χ1) is 3.69. The minimum absolute atomic E-state index is 0.639. The van der Waals surface area contributed by atoms with Gasteiger partial charge in [-0.05, 0) is 24.2 Å². The molecule has 0 heterocycles. The SMILES string of the molecule is CC1CCC1(C)CBr. The Bertz CT molecular complexity index is 86.4. The van der Waals surface area contributed by atoms with Crippen molar-refractivity contribution in [3.63, 3.8) is 0 Å². The van der Waals surface area contributed by atoms with Crippen LogP contribution in [0, 0.1) is 11.3 Å². The second-order valence-corrected chi connectivity index (χ2v) is 3.79. The molecule has 48 valence electrons. The number of rotatable bonds is 1. The minimum atomic E-state index is 0.639. The van der Waals surface area contributed by atoms with Gasteiger partial charge < -0.3 is 0 Å². The van der Waals surface area contributed by atoms with Crippen molar-refractivity contribution in [2.24, 2.45) is 11.3 Å². The molecule has 1 saturated carbocycles. The van der Waals surface area contributed by atoms with Crippen LogP contribution in [0.5, 0.6) is 0 Å². The third-order valence-electron chi connectivity index (χ3n) is 2.64. The van der Waals surface area contributed by atoms with Crippen molar-refractivity contribution in [3.8, 4) is 0 Å². The van der Waals surface area contributed by atoms with Gasteiger partial charge in [-0.3, -0.25) is 0 Å². The third kappa shape index (κ3) is 0.812. The van der Waals surface area contributed by atoms with Crippen LogP contribution >= 0.6 is 15.9 Å². The standard InChI is InChI=1S/C7H13Br/c1-6-3-4-7(6,2)5-8/h6H,3-5H2,1-2H3. The van der Waals surface area contributed by atoms with Crippen LogP contribution in [0.4, 0.5) is 0 Å². The molecule has 0 aromatic carbocycles. The summed E-state index contributed by atoms with van der Waals surface area (Å²) in [6.45, 7) is 4.70. The van der Waals surface area contributed by atoms with E-state index >= 15 is 0 Å². The van der Waals surface area contributed by atoms with Gasteiger partial charge in [-0.1, -0.05) is 29.8 Å². The second kappa shape index (κ2) is 2.02. The summed E-state index contributed by atoms with van der Waals surface area (Å²) in [5, 5.41) is 1.18. The van der Waals surface area contributed by atoms with Gasteiger partial charge in [0.05, 0.1) is 0 Å². The Balaban J connectivity index is 2.42. The van der Waals surface area contributed by atoms with E-state index in [1.165, 1.54) is 18.2 Å². The number of halogens is 1. The van der Waals surface area contributed by atoms with Crippen LogP contribution in [0.15, 0.2) is 0 Å². The lowest BCUT2D eigenvalue weighted by Gasteiger charge is -2.44. The van der Waals surface area contributed by atoms with Crippen LogP contribution in [0.1, 0.15) is 26.7 Å². The van der Waals surface area contributed by atoms with E-state index in [-0.39, 0.29) is 0 Å². The highest BCUT2D eigenvalue weighted by atomic mass is 79.9. The van der Waals surface area contributed by atoms with Crippen molar-refractivity contribution in [2.75, 3.05) is 5.33 Å². The van der Waals surface area contributed by atoms with Crippen molar-refractivity contribution in [1.82, 2.24) is 0 Å². The van der Waals surface area contributed by atoms with E-state index in [4.69, 9.17) is 0 Å². The third-order valence-corrected chi connectivity index (χ3v) is 3.92. The van der Waals surface area contributed by atoms with Gasteiger partial charge in [-0.15, -0.1) is 0 Å². The maximum Gasteiger partial charge on any atom is 0.00878 e. The lowest BCUT2D eigenvalue weighted by Crippen LogP contribution is -2.36. The highest BCUT2D eigenvalue weighted by Gasteiger charge is 2.37. The number of hydrogen-bond acceptors (Lipinski definition) is 0. The lowest BCUT2D eigenvalue weighted by atomic mass is 9.64. The first kappa shape index (κ1) is 6.60. The fourth-order valence-corrected chi connectivity index (χ4v) is 1.96. The molecule has 2 atom stereocenters. The van der Waals surface area contributed by atoms with Gasteiger partial charge in [-0.25, -0.2) is 0 Å². The highest BCUT2D eigenvalue weighted by Crippen LogP contribution is 2.46. The van der Waals surface area contributed by atoms with E-state index in [1.54, 1.807) is 0 Å². The van der Waals surface area contributed by atoms with Gasteiger partial charge in [0, 0.05) is 5.33 Å². The Labute approximate surface area is 59.8 Å². The van der Waals surface area contributed by atoms with Crippen LogP contribution in [-0.4, -0.2) is 5.33 Å². The van der Waals surface area contributed by atoms with Crippen molar-refractivity contribution in [3.05, 3.63) is 0 Å². The predicted molar refractivity (Wildman–Crippen MR) is 40.3 cm³/mol. The van der Waals surface area contributed by atoms with Crippen molar-refractivity contribution in [1.29, 1.82) is 0 Å². The van der Waals surface area contributed by atoms with Crippen molar-refractivity contribution in [2.45, 2.75) is 26.7 Å². The topological polar surface area (TPSA) is 0 Å². The van der Waals surface area contributed by atoms with Crippen LogP contribution in [0.2, 0.25) is 0 Å². The molecule has 8 heavy (non-hydrogen) atoms. The molecule has 0 spiro atoms. The summed E-state index contributed by atoms with van der Waals surface area (Å²) in [4.78, 5) is 0. The number of hydrogen-bond donors (Lipinski definition) is 0. The fourth-order valence-electron chi connectivity index (χ4n) is 1.12. The monoisotopic (exact) mass is 176 g/mol. The first-order valence-corrected chi connectivity index (χ1v) is 4.37. The summed E-state index contributed by atoms with van der Waals surface area (Å²) < 4.78 is 0. The van der Waals surface area contributed by atoms with Crippen LogP contribution in [-0.2, 0) is 0 Å². The Morgan fingerprint density at radius 1 is 1.75 bits per heavy atom. The summed E-state index contributed by atoms with van der Waals surface area (Å²) in [5.74, 6) is 0.946. The molecule has 2 unspecified atom stereocenters. The van der Waals surface area contributed by atoms with Gasteiger partial charge in [0.15, 0.2) is 0 Å². The molecule has 1 heteroatoms. The van der Waals surface area contributed by atoms with Crippen molar-refractivity contribution >= 4 is 15.9 Å². The van der Waals surface area contributed by atoms with E-state index in [1.807, 2.05) is 0 Å². The van der Waals surface area contributed by atoms with E-state index < -0.39 is 0 Å². The van der Waals surface area contributed by atoms with Crippen molar-refractivity contribution < 1.29 is 0 Å². The van der Waals surface area contributed by atoms with Crippen LogP contribution in [0.3, 0.4) is 0 Å². The zero-order chi connectivity index (χ0) is 6.20. The van der Waals surface area contributed by atoms with Gasteiger partial charge in [0.2, 0.25) is 0 Å². The molecule has 0 saturated heterocycles. The molecule has 0 bridgehead atoms. The van der Waals surface area contributed by atoms with E-state index in [0.29, 0.717) is 5.41 Å². The molecule has 0 aromatic heterocycles. The lowest BCUT2D eigenvalue weighted by molar-refractivity contribution is 0.0965. The zero-order valence-corrected chi connectivity index (χ0v) is 7.16. The maximum absolute atomic E-state index is 3.52. The quantitative estimate of drug-likeness (QED) is 0.540. The molecule has 0 aromatic rings. The summed E-state index contributed by atoms with van der Waals surface area (Å²) in [7, 11) is 0. The second-order valence-electron chi connectivity index (χ2n) is 3.23. The molecule has 0 aliphatic heterocycles. The first-order valence-electron chi connectivity index (χ1n) is 3.25. The molecule has 0 amide bonds. The van der Waals surface area contributed by atoms with E-state index in [0.717, 1.165) is 5.92 Å². The molecule has 1 rings (SSSR count). The van der Waals surface area contributed by atoms with Gasteiger partial charge in [-0.2, -0.15) is 0 Å². The predicted octanol–water partition coefficient (Wildman–Crippen LogP) is 2.82. The number of alkyl halides is 1. The summed E-state index contributed by atoms with van der Waals surface area (Å²) in [5.41, 5.74) is 0.639. The Kier molecular flexibility index (Phi) is 1.66. The molecule has 1 aliphatic carbocycles. The molecule has 0 radical (unpaired) electrons. The Morgan fingerprint density at radius 2 is 2.38 bits per heavy atom. The van der Waals surface area contributed by atoms with Gasteiger partial charge in [0.25, 0.3) is 0 Å². The molecule has 1 fully saturated rings. The maximum atomic E-state index is 3.52. The molecular formula is C7H13Br. The normalized spacial score (nSPS) is 46.1. The summed E-state index contributed by atoms with van der Waals surface area (Å²) >= 11 is 3.52. The average molecular weight is 177 g/mol. The zero-order valence-electron chi connectivity index (χ0n) is 5.58. The van der Waals surface area contributed by atoms with E-state index in [2.05, 4.69) is 29.8 Å². The smallest absolute Gasteiger partial charge is 0.00878 e. The molecular weight excluding hydrogens is 164 g/mol. The fraction of sp³-hybridized carbons (Fsp3) is 1.00. The summed E-state index contributed by atoms with van der Waals surface area (Å²) in [6.07, 6.45) is 2.85.